The molecule has 0 aliphatic rings. The van der Waals surface area contributed by atoms with Gasteiger partial charge in [0.05, 0.1) is 6.07 Å². The van der Waals surface area contributed by atoms with Gasteiger partial charge in [0, 0.05) is 12.3 Å². The molecule has 2 aromatic rings. The van der Waals surface area contributed by atoms with Crippen molar-refractivity contribution in [2.45, 2.75) is 19.3 Å². The van der Waals surface area contributed by atoms with Crippen molar-refractivity contribution >= 4 is 0 Å². The number of benzene rings is 2. The van der Waals surface area contributed by atoms with Crippen LogP contribution in [-0.2, 0) is 0 Å². The molecular formula is C16H15N. The molecule has 1 unspecified atom stereocenters. The van der Waals surface area contributed by atoms with Crippen molar-refractivity contribution in [2.75, 3.05) is 0 Å². The normalized spacial score (nSPS) is 11.8. The number of nitriles is 1. The molecule has 0 aliphatic heterocycles. The number of hydrogen-bond donors (Lipinski definition) is 0. The van der Waals surface area contributed by atoms with Gasteiger partial charge in [0.25, 0.3) is 0 Å². The van der Waals surface area contributed by atoms with E-state index in [-0.39, 0.29) is 5.92 Å². The molecule has 0 aliphatic carbocycles. The minimum Gasteiger partial charge on any atom is -0.198 e. The van der Waals surface area contributed by atoms with Crippen molar-refractivity contribution < 1.29 is 0 Å². The molecule has 84 valence electrons. The Morgan fingerprint density at radius 1 is 0.941 bits per heavy atom. The highest BCUT2D eigenvalue weighted by Crippen LogP contribution is 2.27. The third-order valence-corrected chi connectivity index (χ3v) is 2.98. The fraction of sp³-hybridized carbons (Fsp3) is 0.188. The van der Waals surface area contributed by atoms with E-state index in [0.717, 1.165) is 0 Å². The van der Waals surface area contributed by atoms with Crippen molar-refractivity contribution in [3.05, 3.63) is 71.3 Å². The molecule has 0 saturated heterocycles. The highest BCUT2D eigenvalue weighted by molar-refractivity contribution is 5.34. The Morgan fingerprint density at radius 2 is 1.53 bits per heavy atom. The molecule has 17 heavy (non-hydrogen) atoms. The van der Waals surface area contributed by atoms with Crippen molar-refractivity contribution in [2.24, 2.45) is 0 Å². The Labute approximate surface area is 102 Å². The molecule has 1 heteroatoms. The molecule has 0 N–H and O–H groups in total. The number of nitrogens with zero attached hydrogens (tertiary/aromatic N) is 1. The molecule has 1 atom stereocenters. The molecule has 0 bridgehead atoms. The predicted molar refractivity (Wildman–Crippen MR) is 69.7 cm³/mol. The quantitative estimate of drug-likeness (QED) is 0.767. The van der Waals surface area contributed by atoms with Gasteiger partial charge in [-0.1, -0.05) is 60.2 Å². The Kier molecular flexibility index (Phi) is 3.57. The van der Waals surface area contributed by atoms with Gasteiger partial charge < -0.3 is 0 Å². The molecule has 0 radical (unpaired) electrons. The van der Waals surface area contributed by atoms with Gasteiger partial charge in [0.2, 0.25) is 0 Å². The Balaban J connectivity index is 2.36. The summed E-state index contributed by atoms with van der Waals surface area (Å²) >= 11 is 0. The maximum atomic E-state index is 8.96. The first-order chi connectivity index (χ1) is 8.31. The summed E-state index contributed by atoms with van der Waals surface area (Å²) in [5.74, 6) is 0.182. The van der Waals surface area contributed by atoms with Crippen LogP contribution in [0.15, 0.2) is 54.6 Å². The van der Waals surface area contributed by atoms with Crippen LogP contribution in [0.5, 0.6) is 0 Å². The molecule has 0 heterocycles. The van der Waals surface area contributed by atoms with Gasteiger partial charge in [-0.25, -0.2) is 0 Å². The molecular weight excluding hydrogens is 206 g/mol. The van der Waals surface area contributed by atoms with Crippen LogP contribution >= 0.6 is 0 Å². The van der Waals surface area contributed by atoms with Crippen molar-refractivity contribution in [3.8, 4) is 6.07 Å². The highest BCUT2D eigenvalue weighted by Gasteiger charge is 2.12. The molecule has 1 nitrogen and oxygen atoms in total. The van der Waals surface area contributed by atoms with Crippen LogP contribution in [-0.4, -0.2) is 0 Å². The van der Waals surface area contributed by atoms with Crippen LogP contribution in [0.2, 0.25) is 0 Å². The summed E-state index contributed by atoms with van der Waals surface area (Å²) in [5.41, 5.74) is 3.67. The maximum absolute atomic E-state index is 8.96. The molecule has 2 aromatic carbocycles. The van der Waals surface area contributed by atoms with Crippen molar-refractivity contribution in [1.29, 1.82) is 5.26 Å². The van der Waals surface area contributed by atoms with E-state index in [4.69, 9.17) is 5.26 Å². The third kappa shape index (κ3) is 2.73. The Morgan fingerprint density at radius 3 is 2.12 bits per heavy atom. The minimum atomic E-state index is 0.182. The van der Waals surface area contributed by atoms with E-state index in [0.29, 0.717) is 6.42 Å². The summed E-state index contributed by atoms with van der Waals surface area (Å²) in [6.45, 7) is 2.07. The second-order valence-corrected chi connectivity index (χ2v) is 4.24. The average Bonchev–Trinajstić information content (AvgIpc) is 2.38. The predicted octanol–water partition coefficient (Wildman–Crippen LogP) is 4.04. The first-order valence-electron chi connectivity index (χ1n) is 5.79. The van der Waals surface area contributed by atoms with E-state index < -0.39 is 0 Å². The topological polar surface area (TPSA) is 23.8 Å². The lowest BCUT2D eigenvalue weighted by molar-refractivity contribution is 0.838. The van der Waals surface area contributed by atoms with Crippen LogP contribution < -0.4 is 0 Å². The van der Waals surface area contributed by atoms with E-state index in [2.05, 4.69) is 49.4 Å². The minimum absolute atomic E-state index is 0.182. The van der Waals surface area contributed by atoms with Gasteiger partial charge in [-0.05, 0) is 18.1 Å². The molecule has 0 spiro atoms. The average molecular weight is 221 g/mol. The summed E-state index contributed by atoms with van der Waals surface area (Å²) < 4.78 is 0. The number of aryl methyl sites for hydroxylation is 1. The van der Waals surface area contributed by atoms with Crippen LogP contribution in [0.25, 0.3) is 0 Å². The second-order valence-electron chi connectivity index (χ2n) is 4.24. The largest absolute Gasteiger partial charge is 0.198 e. The van der Waals surface area contributed by atoms with E-state index in [1.807, 2.05) is 18.2 Å². The maximum Gasteiger partial charge on any atom is 0.0631 e. The lowest BCUT2D eigenvalue weighted by atomic mass is 9.89. The molecule has 0 saturated carbocycles. The summed E-state index contributed by atoms with van der Waals surface area (Å²) in [6, 6.07) is 20.9. The van der Waals surface area contributed by atoms with Crippen LogP contribution in [0.4, 0.5) is 0 Å². The summed E-state index contributed by atoms with van der Waals surface area (Å²) in [4.78, 5) is 0. The second kappa shape index (κ2) is 5.32. The van der Waals surface area contributed by atoms with E-state index in [1.54, 1.807) is 0 Å². The highest BCUT2D eigenvalue weighted by atomic mass is 14.3. The summed E-state index contributed by atoms with van der Waals surface area (Å²) in [5, 5.41) is 8.96. The Bertz CT molecular complexity index is 505. The van der Waals surface area contributed by atoms with Crippen molar-refractivity contribution in [1.82, 2.24) is 0 Å². The van der Waals surface area contributed by atoms with Crippen molar-refractivity contribution in [3.63, 3.8) is 0 Å². The molecule has 0 amide bonds. The first-order valence-corrected chi connectivity index (χ1v) is 5.79. The summed E-state index contributed by atoms with van der Waals surface area (Å²) in [7, 11) is 0. The van der Waals surface area contributed by atoms with Gasteiger partial charge in [-0.3, -0.25) is 0 Å². The number of hydrogen-bond acceptors (Lipinski definition) is 1. The van der Waals surface area contributed by atoms with Gasteiger partial charge in [-0.15, -0.1) is 0 Å². The zero-order valence-electron chi connectivity index (χ0n) is 9.93. The van der Waals surface area contributed by atoms with Crippen LogP contribution in [0.3, 0.4) is 0 Å². The molecule has 0 aromatic heterocycles. The van der Waals surface area contributed by atoms with E-state index in [1.165, 1.54) is 16.7 Å². The van der Waals surface area contributed by atoms with Crippen LogP contribution in [0.1, 0.15) is 29.0 Å². The fourth-order valence-corrected chi connectivity index (χ4v) is 2.00. The van der Waals surface area contributed by atoms with Gasteiger partial charge in [-0.2, -0.15) is 5.26 Å². The van der Waals surface area contributed by atoms with E-state index >= 15 is 0 Å². The standard InChI is InChI=1S/C16H15N/c1-13-7-9-15(10-8-13)16(11-12-17)14-5-3-2-4-6-14/h2-10,16H,11H2,1H3. The zero-order chi connectivity index (χ0) is 12.1. The van der Waals surface area contributed by atoms with Gasteiger partial charge in [0.1, 0.15) is 0 Å². The van der Waals surface area contributed by atoms with Gasteiger partial charge in [0.15, 0.2) is 0 Å². The number of rotatable bonds is 3. The SMILES string of the molecule is Cc1ccc(C(CC#N)c2ccccc2)cc1. The Hall–Kier alpha value is -2.07. The van der Waals surface area contributed by atoms with Gasteiger partial charge >= 0.3 is 0 Å². The molecule has 2 rings (SSSR count). The van der Waals surface area contributed by atoms with Crippen LogP contribution in [0, 0.1) is 18.3 Å². The first kappa shape index (κ1) is 11.4. The smallest absolute Gasteiger partial charge is 0.0631 e. The lowest BCUT2D eigenvalue weighted by Crippen LogP contribution is -2.00. The zero-order valence-corrected chi connectivity index (χ0v) is 9.93. The third-order valence-electron chi connectivity index (χ3n) is 2.98. The lowest BCUT2D eigenvalue weighted by Gasteiger charge is -2.14. The molecule has 0 fully saturated rings. The van der Waals surface area contributed by atoms with E-state index in [9.17, 15) is 0 Å². The monoisotopic (exact) mass is 221 g/mol. The summed E-state index contributed by atoms with van der Waals surface area (Å²) in [6.07, 6.45) is 0.521. The fourth-order valence-electron chi connectivity index (χ4n) is 2.00.